The topological polar surface area (TPSA) is 104 Å². The summed E-state index contributed by atoms with van der Waals surface area (Å²) in [5.41, 5.74) is 11.9. The lowest BCUT2D eigenvalue weighted by molar-refractivity contribution is -0.133. The fourth-order valence-corrected chi connectivity index (χ4v) is 7.67. The number of hydrogen-bond donors (Lipinski definition) is 3. The van der Waals surface area contributed by atoms with Crippen LogP contribution in [0.1, 0.15) is 46.6 Å². The number of β-amino-alcohol motifs (C(OH)–C–C–N with tert-alkyl or cyclic N) is 1. The van der Waals surface area contributed by atoms with Crippen LogP contribution < -0.4 is 5.73 Å². The first-order chi connectivity index (χ1) is 22.4. The number of nitrogens with two attached hydrogens (primary N) is 1. The maximum atomic E-state index is 14.2. The standard InChI is InChI=1S/C40H44N2O4/c41-38(37-35-19-11-10-18-30(35)25-36(37)44)39(45)31(20-27-12-4-1-5-13-27)24-34(43)26-42-33(22-29-16-8-3-9-17-29)23-32(40(42)46)21-28-14-6-2-7-15-28/h1-19,31-34,36-38,43-44H,20-26,41H2/t31-,32+,33+,34+,36-,37+,38?/m1/s1. The second-order valence-corrected chi connectivity index (χ2v) is 13.2. The van der Waals surface area contributed by atoms with Gasteiger partial charge < -0.3 is 20.8 Å². The van der Waals surface area contributed by atoms with Gasteiger partial charge in [-0.25, -0.2) is 0 Å². The molecule has 7 atom stereocenters. The Labute approximate surface area is 271 Å². The normalized spacial score (nSPS) is 22.8. The van der Waals surface area contributed by atoms with E-state index in [1.165, 1.54) is 0 Å². The van der Waals surface area contributed by atoms with Crippen molar-refractivity contribution in [3.8, 4) is 0 Å². The van der Waals surface area contributed by atoms with E-state index < -0.39 is 30.1 Å². The molecule has 0 spiro atoms. The molecular weight excluding hydrogens is 572 g/mol. The van der Waals surface area contributed by atoms with Gasteiger partial charge in [-0.2, -0.15) is 0 Å². The molecule has 4 N–H and O–H groups in total. The van der Waals surface area contributed by atoms with E-state index >= 15 is 0 Å². The van der Waals surface area contributed by atoms with Gasteiger partial charge in [0.2, 0.25) is 5.91 Å². The number of likely N-dealkylation sites (tertiary alicyclic amines) is 1. The van der Waals surface area contributed by atoms with Gasteiger partial charge in [0.15, 0.2) is 5.78 Å². The molecule has 2 aliphatic rings. The van der Waals surface area contributed by atoms with Gasteiger partial charge in [0.1, 0.15) is 0 Å². The Morgan fingerprint density at radius 1 is 0.804 bits per heavy atom. The van der Waals surface area contributed by atoms with Crippen molar-refractivity contribution >= 4 is 11.7 Å². The van der Waals surface area contributed by atoms with E-state index in [1.54, 1.807) is 0 Å². The van der Waals surface area contributed by atoms with E-state index in [-0.39, 0.29) is 36.6 Å². The third kappa shape index (κ3) is 7.31. The minimum absolute atomic E-state index is 0.0473. The first-order valence-corrected chi connectivity index (χ1v) is 16.5. The fourth-order valence-electron chi connectivity index (χ4n) is 7.67. The summed E-state index contributed by atoms with van der Waals surface area (Å²) in [5.74, 6) is -1.34. The largest absolute Gasteiger partial charge is 0.392 e. The van der Waals surface area contributed by atoms with Crippen molar-refractivity contribution in [2.75, 3.05) is 6.54 Å². The van der Waals surface area contributed by atoms with Crippen molar-refractivity contribution in [2.24, 2.45) is 17.6 Å². The van der Waals surface area contributed by atoms with Crippen LogP contribution in [0.4, 0.5) is 0 Å². The number of carbonyl (C=O) groups is 2. The Balaban J connectivity index is 1.21. The number of rotatable bonds is 13. The number of ketones is 1. The van der Waals surface area contributed by atoms with E-state index in [9.17, 15) is 19.8 Å². The predicted octanol–water partition coefficient (Wildman–Crippen LogP) is 4.90. The zero-order valence-electron chi connectivity index (χ0n) is 26.2. The minimum atomic E-state index is -0.914. The van der Waals surface area contributed by atoms with Crippen LogP contribution in [-0.2, 0) is 35.3 Å². The van der Waals surface area contributed by atoms with Gasteiger partial charge in [0, 0.05) is 30.3 Å². The first kappa shape index (κ1) is 31.9. The van der Waals surface area contributed by atoms with Gasteiger partial charge in [-0.1, -0.05) is 115 Å². The van der Waals surface area contributed by atoms with Gasteiger partial charge in [0.05, 0.1) is 18.2 Å². The van der Waals surface area contributed by atoms with Gasteiger partial charge in [-0.3, -0.25) is 9.59 Å². The third-order valence-electron chi connectivity index (χ3n) is 9.93. The average molecular weight is 617 g/mol. The van der Waals surface area contributed by atoms with Crippen LogP contribution in [0.25, 0.3) is 0 Å². The van der Waals surface area contributed by atoms with E-state index in [2.05, 4.69) is 24.3 Å². The molecule has 6 rings (SSSR count). The Bertz CT molecular complexity index is 1600. The highest BCUT2D eigenvalue weighted by molar-refractivity contribution is 5.88. The van der Waals surface area contributed by atoms with Crippen LogP contribution in [0.3, 0.4) is 0 Å². The maximum absolute atomic E-state index is 14.2. The molecule has 0 radical (unpaired) electrons. The van der Waals surface area contributed by atoms with Crippen molar-refractivity contribution in [3.63, 3.8) is 0 Å². The van der Waals surface area contributed by atoms with Gasteiger partial charge in [0.25, 0.3) is 0 Å². The smallest absolute Gasteiger partial charge is 0.226 e. The molecule has 0 bridgehead atoms. The number of fused-ring (bicyclic) bond motifs is 1. The second-order valence-electron chi connectivity index (χ2n) is 13.2. The van der Waals surface area contributed by atoms with E-state index in [4.69, 9.17) is 5.73 Å². The monoisotopic (exact) mass is 616 g/mol. The zero-order chi connectivity index (χ0) is 32.0. The van der Waals surface area contributed by atoms with Crippen LogP contribution in [0.5, 0.6) is 0 Å². The molecule has 1 fully saturated rings. The van der Waals surface area contributed by atoms with Crippen molar-refractivity contribution in [1.29, 1.82) is 0 Å². The number of nitrogens with zero attached hydrogens (tertiary/aromatic N) is 1. The number of carbonyl (C=O) groups excluding carboxylic acids is 2. The quantitative estimate of drug-likeness (QED) is 0.198. The molecular formula is C40H44N2O4. The van der Waals surface area contributed by atoms with Crippen molar-refractivity contribution in [3.05, 3.63) is 143 Å². The summed E-state index contributed by atoms with van der Waals surface area (Å²) in [4.78, 5) is 29.9. The molecule has 1 aliphatic heterocycles. The van der Waals surface area contributed by atoms with Gasteiger partial charge in [-0.05, 0) is 66.3 Å². The number of aliphatic hydroxyl groups excluding tert-OH is 2. The highest BCUT2D eigenvalue weighted by Gasteiger charge is 2.42. The van der Waals surface area contributed by atoms with Crippen LogP contribution in [0, 0.1) is 11.8 Å². The van der Waals surface area contributed by atoms with E-state index in [0.29, 0.717) is 32.1 Å². The van der Waals surface area contributed by atoms with Crippen LogP contribution in [0.15, 0.2) is 115 Å². The molecule has 4 aromatic rings. The summed E-state index contributed by atoms with van der Waals surface area (Å²) in [6, 6.07) is 36.8. The molecule has 1 unspecified atom stereocenters. The van der Waals surface area contributed by atoms with E-state index in [0.717, 1.165) is 27.8 Å². The van der Waals surface area contributed by atoms with Crippen molar-refractivity contribution < 1.29 is 19.8 Å². The fraction of sp³-hybridized carbons (Fsp3) is 0.350. The molecule has 1 heterocycles. The highest BCUT2D eigenvalue weighted by Crippen LogP contribution is 2.37. The zero-order valence-corrected chi connectivity index (χ0v) is 26.2. The molecule has 6 nitrogen and oxygen atoms in total. The lowest BCUT2D eigenvalue weighted by atomic mass is 9.80. The van der Waals surface area contributed by atoms with Gasteiger partial charge in [-0.15, -0.1) is 0 Å². The predicted molar refractivity (Wildman–Crippen MR) is 180 cm³/mol. The number of aliphatic hydroxyl groups is 2. The lowest BCUT2D eigenvalue weighted by Gasteiger charge is -2.31. The number of Topliss-reactive ketones (excluding diaryl/α,β-unsaturated/α-hetero) is 1. The third-order valence-corrected chi connectivity index (χ3v) is 9.93. The molecule has 238 valence electrons. The summed E-state index contributed by atoms with van der Waals surface area (Å²) < 4.78 is 0. The molecule has 46 heavy (non-hydrogen) atoms. The first-order valence-electron chi connectivity index (χ1n) is 16.5. The summed E-state index contributed by atoms with van der Waals surface area (Å²) in [6.45, 7) is 0.157. The number of benzene rings is 4. The summed E-state index contributed by atoms with van der Waals surface area (Å²) in [5, 5.41) is 22.6. The Morgan fingerprint density at radius 2 is 1.37 bits per heavy atom. The summed E-state index contributed by atoms with van der Waals surface area (Å²) >= 11 is 0. The molecule has 1 saturated heterocycles. The molecule has 1 amide bonds. The molecule has 1 aliphatic carbocycles. The van der Waals surface area contributed by atoms with E-state index in [1.807, 2.05) is 95.9 Å². The lowest BCUT2D eigenvalue weighted by Crippen LogP contribution is -2.46. The summed E-state index contributed by atoms with van der Waals surface area (Å²) in [6.07, 6.45) is 1.51. The van der Waals surface area contributed by atoms with Crippen LogP contribution >= 0.6 is 0 Å². The molecule has 6 heteroatoms. The van der Waals surface area contributed by atoms with Crippen LogP contribution in [-0.4, -0.2) is 57.6 Å². The number of amides is 1. The number of hydrogen-bond acceptors (Lipinski definition) is 5. The Hall–Kier alpha value is -4.10. The Morgan fingerprint density at radius 3 is 2.02 bits per heavy atom. The maximum Gasteiger partial charge on any atom is 0.226 e. The molecule has 0 aromatic heterocycles. The molecule has 0 saturated carbocycles. The average Bonchev–Trinajstić information content (AvgIpc) is 3.55. The van der Waals surface area contributed by atoms with Crippen LogP contribution in [0.2, 0.25) is 0 Å². The SMILES string of the molecule is NC(C(=O)[C@H](Cc1ccccc1)C[C@H](O)CN1C(=O)[C@@H](Cc2ccccc2)C[C@@H]1Cc1ccccc1)[C@H]1c2ccccc2C[C@H]1O. The highest BCUT2D eigenvalue weighted by atomic mass is 16.3. The summed E-state index contributed by atoms with van der Waals surface area (Å²) in [7, 11) is 0. The van der Waals surface area contributed by atoms with Crippen molar-refractivity contribution in [1.82, 2.24) is 4.90 Å². The minimum Gasteiger partial charge on any atom is -0.392 e. The van der Waals surface area contributed by atoms with Gasteiger partial charge >= 0.3 is 0 Å². The second kappa shape index (κ2) is 14.5. The Kier molecular flexibility index (Phi) is 10.1. The molecule has 4 aromatic carbocycles. The van der Waals surface area contributed by atoms with Crippen molar-refractivity contribution in [2.45, 2.75) is 68.7 Å².